The van der Waals surface area contributed by atoms with E-state index in [1.807, 2.05) is 36.4 Å². The predicted octanol–water partition coefficient (Wildman–Crippen LogP) is 4.33. The van der Waals surface area contributed by atoms with Crippen molar-refractivity contribution in [3.63, 3.8) is 0 Å². The Morgan fingerprint density at radius 2 is 1.62 bits per heavy atom. The van der Waals surface area contributed by atoms with Crippen molar-refractivity contribution in [1.82, 2.24) is 14.3 Å². The van der Waals surface area contributed by atoms with E-state index in [9.17, 15) is 14.7 Å². The highest BCUT2D eigenvalue weighted by molar-refractivity contribution is 6.46. The van der Waals surface area contributed by atoms with Gasteiger partial charge >= 0.3 is 0 Å². The number of amides is 1. The highest BCUT2D eigenvalue weighted by atomic mass is 16.5. The lowest BCUT2D eigenvalue weighted by Gasteiger charge is -2.26. The summed E-state index contributed by atoms with van der Waals surface area (Å²) in [4.78, 5) is 33.1. The number of carbonyl (C=O) groups excluding carboxylic acids is 2. The van der Waals surface area contributed by atoms with Crippen molar-refractivity contribution < 1.29 is 28.9 Å². The van der Waals surface area contributed by atoms with E-state index in [4.69, 9.17) is 14.2 Å². The number of hydrogen-bond acceptors (Lipinski definition) is 7. The van der Waals surface area contributed by atoms with Gasteiger partial charge in [0.15, 0.2) is 17.3 Å². The zero-order valence-electron chi connectivity index (χ0n) is 22.2. The average Bonchev–Trinajstić information content (AvgIpc) is 3.43. The number of aliphatic hydroxyl groups excluding tert-OH is 1. The largest absolute Gasteiger partial charge is 0.505 e. The molecular formula is C30H29N3O6. The summed E-state index contributed by atoms with van der Waals surface area (Å²) in [6.45, 7) is 2.00. The summed E-state index contributed by atoms with van der Waals surface area (Å²) in [7, 11) is 4.49. The van der Waals surface area contributed by atoms with Gasteiger partial charge in [0.05, 0.1) is 38.6 Å². The molecule has 1 aliphatic heterocycles. The summed E-state index contributed by atoms with van der Waals surface area (Å²) >= 11 is 0. The summed E-state index contributed by atoms with van der Waals surface area (Å²) in [6.07, 6.45) is 2.27. The molecular weight excluding hydrogens is 498 g/mol. The third-order valence-corrected chi connectivity index (χ3v) is 6.96. The first-order valence-electron chi connectivity index (χ1n) is 12.5. The van der Waals surface area contributed by atoms with Crippen LogP contribution in [0, 0.1) is 6.92 Å². The van der Waals surface area contributed by atoms with E-state index in [1.165, 1.54) is 26.2 Å². The Morgan fingerprint density at radius 3 is 2.26 bits per heavy atom. The van der Waals surface area contributed by atoms with Gasteiger partial charge in [-0.25, -0.2) is 4.98 Å². The van der Waals surface area contributed by atoms with Crippen LogP contribution in [0.15, 0.2) is 72.4 Å². The molecule has 9 heteroatoms. The Bertz CT molecular complexity index is 1570. The Kier molecular flexibility index (Phi) is 6.98. The molecule has 1 atom stereocenters. The molecule has 2 aromatic carbocycles. The van der Waals surface area contributed by atoms with E-state index >= 15 is 0 Å². The minimum atomic E-state index is -0.906. The Hall–Kier alpha value is -4.79. The highest BCUT2D eigenvalue weighted by Gasteiger charge is 2.47. The summed E-state index contributed by atoms with van der Waals surface area (Å²) in [5.41, 5.74) is 3.00. The summed E-state index contributed by atoms with van der Waals surface area (Å²) in [5.74, 6) is -0.659. The number of ether oxygens (including phenoxy) is 3. The van der Waals surface area contributed by atoms with Crippen molar-refractivity contribution in [2.45, 2.75) is 19.4 Å². The second kappa shape index (κ2) is 10.5. The summed E-state index contributed by atoms with van der Waals surface area (Å²) in [5, 5.41) is 11.7. The third-order valence-electron chi connectivity index (χ3n) is 6.96. The van der Waals surface area contributed by atoms with E-state index in [2.05, 4.69) is 4.98 Å². The van der Waals surface area contributed by atoms with Crippen molar-refractivity contribution in [2.24, 2.45) is 0 Å². The van der Waals surface area contributed by atoms with Crippen molar-refractivity contribution in [3.05, 3.63) is 94.9 Å². The molecule has 3 heterocycles. The topological polar surface area (TPSA) is 103 Å². The van der Waals surface area contributed by atoms with Gasteiger partial charge in [-0.3, -0.25) is 14.0 Å². The number of aromatic nitrogens is 2. The van der Waals surface area contributed by atoms with Gasteiger partial charge in [-0.2, -0.15) is 0 Å². The van der Waals surface area contributed by atoms with Crippen molar-refractivity contribution >= 4 is 23.1 Å². The quantitative estimate of drug-likeness (QED) is 0.207. The molecule has 1 unspecified atom stereocenters. The predicted molar refractivity (Wildman–Crippen MR) is 145 cm³/mol. The minimum absolute atomic E-state index is 0.0314. The molecule has 4 aromatic rings. The van der Waals surface area contributed by atoms with E-state index in [-0.39, 0.29) is 17.9 Å². The number of benzene rings is 2. The molecule has 1 saturated heterocycles. The van der Waals surface area contributed by atoms with Crippen LogP contribution in [0.1, 0.15) is 28.6 Å². The zero-order valence-corrected chi connectivity index (χ0v) is 22.2. The molecule has 0 aliphatic carbocycles. The molecule has 0 spiro atoms. The van der Waals surface area contributed by atoms with E-state index in [0.29, 0.717) is 46.3 Å². The first kappa shape index (κ1) is 25.8. The van der Waals surface area contributed by atoms with Gasteiger partial charge in [-0.1, -0.05) is 36.4 Å². The SMILES string of the molecule is COc1cc(C2C(=C(O)c3c(C)nc4ccccn34)C(=O)C(=O)N2CCc2ccccc2)cc(OC)c1OC. The number of hydrogen-bond donors (Lipinski definition) is 1. The maximum absolute atomic E-state index is 13.6. The number of fused-ring (bicyclic) bond motifs is 1. The van der Waals surface area contributed by atoms with Gasteiger partial charge < -0.3 is 24.2 Å². The van der Waals surface area contributed by atoms with Crippen LogP contribution in [-0.4, -0.2) is 59.0 Å². The lowest BCUT2D eigenvalue weighted by Crippen LogP contribution is -2.31. The molecule has 1 amide bonds. The number of imidazole rings is 1. The van der Waals surface area contributed by atoms with Crippen molar-refractivity contribution in [3.8, 4) is 17.2 Å². The average molecular weight is 528 g/mol. The number of aliphatic hydroxyl groups is 1. The molecule has 200 valence electrons. The molecule has 9 nitrogen and oxygen atoms in total. The smallest absolute Gasteiger partial charge is 0.295 e. The van der Waals surface area contributed by atoms with Crippen LogP contribution in [0.25, 0.3) is 11.4 Å². The first-order chi connectivity index (χ1) is 18.9. The first-order valence-corrected chi connectivity index (χ1v) is 12.5. The fourth-order valence-corrected chi connectivity index (χ4v) is 5.14. The zero-order chi connectivity index (χ0) is 27.7. The number of aryl methyl sites for hydroxylation is 1. The maximum Gasteiger partial charge on any atom is 0.295 e. The molecule has 0 bridgehead atoms. The monoisotopic (exact) mass is 527 g/mol. The number of likely N-dealkylation sites (tertiary alicyclic amines) is 1. The van der Waals surface area contributed by atoms with Crippen LogP contribution in [0.4, 0.5) is 0 Å². The second-order valence-corrected chi connectivity index (χ2v) is 9.16. The van der Waals surface area contributed by atoms with Crippen molar-refractivity contribution in [2.75, 3.05) is 27.9 Å². The molecule has 39 heavy (non-hydrogen) atoms. The van der Waals surface area contributed by atoms with Gasteiger partial charge in [-0.05, 0) is 48.7 Å². The number of carbonyl (C=O) groups is 2. The van der Waals surface area contributed by atoms with Crippen LogP contribution in [-0.2, 0) is 16.0 Å². The standard InChI is InChI=1S/C30H29N3O6/c1-18-25(32-14-9-8-12-23(32)31-18)27(34)24-26(20-16-21(37-2)29(39-4)22(17-20)38-3)33(30(36)28(24)35)15-13-19-10-6-5-7-11-19/h5-12,14,16-17,26,34H,13,15H2,1-4H3. The van der Waals surface area contributed by atoms with Gasteiger partial charge in [0, 0.05) is 12.7 Å². The van der Waals surface area contributed by atoms with Gasteiger partial charge in [0.1, 0.15) is 11.3 Å². The van der Waals surface area contributed by atoms with E-state index in [0.717, 1.165) is 5.56 Å². The van der Waals surface area contributed by atoms with Crippen molar-refractivity contribution in [1.29, 1.82) is 0 Å². The lowest BCUT2D eigenvalue weighted by atomic mass is 9.95. The molecule has 2 aromatic heterocycles. The number of Topliss-reactive ketones (excluding diaryl/α,β-unsaturated/α-hetero) is 1. The fraction of sp³-hybridized carbons (Fsp3) is 0.233. The second-order valence-electron chi connectivity index (χ2n) is 9.16. The number of rotatable bonds is 8. The fourth-order valence-electron chi connectivity index (χ4n) is 5.14. The van der Waals surface area contributed by atoms with Crippen LogP contribution >= 0.6 is 0 Å². The van der Waals surface area contributed by atoms with Crippen LogP contribution in [0.5, 0.6) is 17.2 Å². The number of nitrogens with zero attached hydrogens (tertiary/aromatic N) is 3. The maximum atomic E-state index is 13.6. The van der Waals surface area contributed by atoms with Crippen LogP contribution in [0.3, 0.4) is 0 Å². The minimum Gasteiger partial charge on any atom is -0.505 e. The molecule has 0 saturated carbocycles. The number of ketones is 1. The normalized spacial score (nSPS) is 16.6. The molecule has 5 rings (SSSR count). The van der Waals surface area contributed by atoms with Gasteiger partial charge in [-0.15, -0.1) is 0 Å². The molecule has 1 fully saturated rings. The number of methoxy groups -OCH3 is 3. The van der Waals surface area contributed by atoms with E-state index in [1.54, 1.807) is 41.8 Å². The highest BCUT2D eigenvalue weighted by Crippen LogP contribution is 2.46. The third kappa shape index (κ3) is 4.46. The van der Waals surface area contributed by atoms with Crippen LogP contribution in [0.2, 0.25) is 0 Å². The molecule has 1 N–H and O–H groups in total. The number of pyridine rings is 1. The van der Waals surface area contributed by atoms with E-state index < -0.39 is 17.7 Å². The molecule has 1 aliphatic rings. The Balaban J connectivity index is 1.72. The van der Waals surface area contributed by atoms with Crippen LogP contribution < -0.4 is 14.2 Å². The Morgan fingerprint density at radius 1 is 0.949 bits per heavy atom. The lowest BCUT2D eigenvalue weighted by molar-refractivity contribution is -0.139. The summed E-state index contributed by atoms with van der Waals surface area (Å²) < 4.78 is 18.3. The van der Waals surface area contributed by atoms with Gasteiger partial charge in [0.25, 0.3) is 11.7 Å². The van der Waals surface area contributed by atoms with Gasteiger partial charge in [0.2, 0.25) is 5.75 Å². The molecule has 0 radical (unpaired) electrons. The summed E-state index contributed by atoms with van der Waals surface area (Å²) in [6, 6.07) is 17.6. The Labute approximate surface area is 225 Å².